The summed E-state index contributed by atoms with van der Waals surface area (Å²) in [6.07, 6.45) is -11.4. The average molecular weight is 539 g/mol. The number of alkyl halides is 6. The van der Waals surface area contributed by atoms with Gasteiger partial charge in [-0.2, -0.15) is 26.3 Å². The summed E-state index contributed by atoms with van der Waals surface area (Å²) in [5, 5.41) is 0. The highest BCUT2D eigenvalue weighted by atomic mass is 32.2. The number of piperazine rings is 1. The monoisotopic (exact) mass is 539 g/mol. The number of nitrogens with one attached hydrogen (secondary N) is 1. The van der Waals surface area contributed by atoms with Crippen molar-refractivity contribution in [2.45, 2.75) is 30.3 Å². The highest BCUT2D eigenvalue weighted by molar-refractivity contribution is 7.89. The molecule has 1 fully saturated rings. The second kappa shape index (κ2) is 10.2. The molecular weight excluding hydrogens is 516 g/mol. The lowest BCUT2D eigenvalue weighted by Gasteiger charge is -2.36. The first-order valence-corrected chi connectivity index (χ1v) is 12.1. The average Bonchev–Trinajstić information content (AvgIpc) is 2.82. The minimum atomic E-state index is -4.72. The van der Waals surface area contributed by atoms with Crippen molar-refractivity contribution in [2.75, 3.05) is 38.1 Å². The molecule has 2 aromatic carbocycles. The largest absolute Gasteiger partial charge is 0.480 e. The van der Waals surface area contributed by atoms with E-state index in [1.54, 1.807) is 4.90 Å². The van der Waals surface area contributed by atoms with Gasteiger partial charge in [0.1, 0.15) is 5.75 Å². The maximum atomic E-state index is 13.2. The molecule has 2 aromatic rings. The van der Waals surface area contributed by atoms with Crippen LogP contribution >= 0.6 is 0 Å². The molecule has 1 heterocycles. The Morgan fingerprint density at radius 3 is 2.06 bits per heavy atom. The van der Waals surface area contributed by atoms with Crippen molar-refractivity contribution in [3.8, 4) is 5.75 Å². The van der Waals surface area contributed by atoms with E-state index in [0.717, 1.165) is 44.3 Å². The molecule has 0 aliphatic carbocycles. The number of halogens is 6. The van der Waals surface area contributed by atoms with Crippen LogP contribution in [0.3, 0.4) is 0 Å². The minimum absolute atomic E-state index is 0.0944. The van der Waals surface area contributed by atoms with E-state index in [2.05, 4.69) is 4.72 Å². The molecule has 0 spiro atoms. The molecule has 0 aromatic heterocycles. The van der Waals surface area contributed by atoms with Gasteiger partial charge in [-0.25, -0.2) is 13.1 Å². The molecule has 14 heteroatoms. The van der Waals surface area contributed by atoms with Crippen molar-refractivity contribution >= 4 is 21.6 Å². The number of carbonyl (C=O) groups is 1. The molecule has 0 saturated carbocycles. The topological polar surface area (TPSA) is 78.9 Å². The first kappa shape index (κ1) is 27.6. The molecule has 7 nitrogen and oxygen atoms in total. The van der Waals surface area contributed by atoms with Crippen molar-refractivity contribution in [1.82, 2.24) is 9.62 Å². The van der Waals surface area contributed by atoms with E-state index in [1.165, 1.54) is 17.0 Å². The van der Waals surface area contributed by atoms with Crippen LogP contribution in [-0.4, -0.2) is 64.7 Å². The number of sulfonamides is 1. The molecule has 198 valence electrons. The van der Waals surface area contributed by atoms with E-state index in [4.69, 9.17) is 4.74 Å². The second-order valence-electron chi connectivity index (χ2n) is 7.99. The van der Waals surface area contributed by atoms with Gasteiger partial charge in [0.15, 0.2) is 6.10 Å². The van der Waals surface area contributed by atoms with Crippen molar-refractivity contribution in [1.29, 1.82) is 0 Å². The molecule has 0 radical (unpaired) electrons. The number of ether oxygens (including phenoxy) is 1. The first-order chi connectivity index (χ1) is 16.6. The number of hydrogen-bond acceptors (Lipinski definition) is 5. The summed E-state index contributed by atoms with van der Waals surface area (Å²) in [6.45, 7) is 1.42. The quantitative estimate of drug-likeness (QED) is 0.564. The summed E-state index contributed by atoms with van der Waals surface area (Å²) in [7, 11) is -2.86. The number of carbonyl (C=O) groups excluding carboxylic acids is 1. The molecule has 0 bridgehead atoms. The highest BCUT2D eigenvalue weighted by Gasteiger charge is 2.39. The molecule has 1 unspecified atom stereocenters. The van der Waals surface area contributed by atoms with Gasteiger partial charge in [-0.05, 0) is 56.4 Å². The lowest BCUT2D eigenvalue weighted by Crippen LogP contribution is -2.49. The molecule has 1 aliphatic heterocycles. The summed E-state index contributed by atoms with van der Waals surface area (Å²) in [4.78, 5) is 16.0. The third-order valence-electron chi connectivity index (χ3n) is 5.65. The van der Waals surface area contributed by atoms with Gasteiger partial charge in [-0.1, -0.05) is 0 Å². The fourth-order valence-corrected chi connectivity index (χ4v) is 4.28. The Hall–Kier alpha value is -3.00. The first-order valence-electron chi connectivity index (χ1n) is 10.7. The molecule has 1 aliphatic rings. The van der Waals surface area contributed by atoms with Crippen LogP contribution < -0.4 is 14.4 Å². The second-order valence-corrected chi connectivity index (χ2v) is 9.88. The Balaban J connectivity index is 1.81. The van der Waals surface area contributed by atoms with E-state index in [-0.39, 0.29) is 36.6 Å². The zero-order valence-electron chi connectivity index (χ0n) is 19.2. The highest BCUT2D eigenvalue weighted by Crippen LogP contribution is 2.32. The van der Waals surface area contributed by atoms with Crippen LogP contribution in [0.1, 0.15) is 22.8 Å². The normalized spacial score (nSPS) is 16.1. The Morgan fingerprint density at radius 2 is 1.56 bits per heavy atom. The number of benzene rings is 2. The molecule has 36 heavy (non-hydrogen) atoms. The predicted molar refractivity (Wildman–Crippen MR) is 118 cm³/mol. The summed E-state index contributed by atoms with van der Waals surface area (Å²) < 4.78 is 109. The Labute approximate surface area is 203 Å². The van der Waals surface area contributed by atoms with E-state index < -0.39 is 45.7 Å². The van der Waals surface area contributed by atoms with Crippen LogP contribution in [-0.2, 0) is 16.2 Å². The Bertz CT molecular complexity index is 1190. The maximum absolute atomic E-state index is 13.2. The van der Waals surface area contributed by atoms with Crippen LogP contribution in [0.2, 0.25) is 0 Å². The number of rotatable bonds is 6. The standard InChI is InChI=1S/C22H23F6N3O4S/c1-14(21(23,24)25)35-19-8-7-17(36(33,34)29-2)13-18(19)20(32)31-11-9-30(10-12-31)16-5-3-15(4-6-16)22(26,27)28/h3-8,13-14,29H,9-12H2,1-2H3. The zero-order valence-corrected chi connectivity index (χ0v) is 20.0. The fraction of sp³-hybridized carbons (Fsp3) is 0.409. The van der Waals surface area contributed by atoms with Crippen molar-refractivity contribution in [3.05, 3.63) is 53.6 Å². The van der Waals surface area contributed by atoms with Gasteiger partial charge >= 0.3 is 12.4 Å². The summed E-state index contributed by atoms with van der Waals surface area (Å²) in [5.41, 5.74) is -0.636. The number of nitrogens with zero attached hydrogens (tertiary/aromatic N) is 2. The molecular formula is C22H23F6N3O4S. The van der Waals surface area contributed by atoms with Gasteiger partial charge in [-0.15, -0.1) is 0 Å². The Morgan fingerprint density at radius 1 is 0.972 bits per heavy atom. The summed E-state index contributed by atoms with van der Waals surface area (Å²) >= 11 is 0. The number of anilines is 1. The van der Waals surface area contributed by atoms with Gasteiger partial charge in [0, 0.05) is 31.9 Å². The molecule has 1 amide bonds. The van der Waals surface area contributed by atoms with E-state index in [9.17, 15) is 39.6 Å². The summed E-state index contributed by atoms with van der Waals surface area (Å²) in [6, 6.07) is 7.52. The third-order valence-corrected chi connectivity index (χ3v) is 7.06. The van der Waals surface area contributed by atoms with Crippen LogP contribution in [0.25, 0.3) is 0 Å². The van der Waals surface area contributed by atoms with Crippen molar-refractivity contribution in [2.24, 2.45) is 0 Å². The van der Waals surface area contributed by atoms with Crippen LogP contribution in [0.15, 0.2) is 47.4 Å². The molecule has 3 rings (SSSR count). The smallest absolute Gasteiger partial charge is 0.425 e. The summed E-state index contributed by atoms with van der Waals surface area (Å²) in [5.74, 6) is -1.16. The van der Waals surface area contributed by atoms with E-state index in [1.807, 2.05) is 0 Å². The Kier molecular flexibility index (Phi) is 7.79. The predicted octanol–water partition coefficient (Wildman–Crippen LogP) is 3.91. The maximum Gasteiger partial charge on any atom is 0.425 e. The number of hydrogen-bond donors (Lipinski definition) is 1. The van der Waals surface area contributed by atoms with Gasteiger partial charge in [0.05, 0.1) is 16.0 Å². The van der Waals surface area contributed by atoms with Gasteiger partial charge in [-0.3, -0.25) is 4.79 Å². The molecule has 1 saturated heterocycles. The van der Waals surface area contributed by atoms with Gasteiger partial charge < -0.3 is 14.5 Å². The molecule has 1 atom stereocenters. The zero-order chi connectivity index (χ0) is 26.9. The molecule has 1 N–H and O–H groups in total. The van der Waals surface area contributed by atoms with Crippen molar-refractivity contribution < 1.29 is 44.3 Å². The van der Waals surface area contributed by atoms with E-state index in [0.29, 0.717) is 5.69 Å². The van der Waals surface area contributed by atoms with Crippen LogP contribution in [0.5, 0.6) is 5.75 Å². The SMILES string of the molecule is CNS(=O)(=O)c1ccc(OC(C)C(F)(F)F)c(C(=O)N2CCN(c3ccc(C(F)(F)F)cc3)CC2)c1. The minimum Gasteiger partial charge on any atom is -0.480 e. The van der Waals surface area contributed by atoms with E-state index >= 15 is 0 Å². The van der Waals surface area contributed by atoms with Gasteiger partial charge in [0.2, 0.25) is 10.0 Å². The lowest BCUT2D eigenvalue weighted by atomic mass is 10.1. The number of amides is 1. The lowest BCUT2D eigenvalue weighted by molar-refractivity contribution is -0.189. The fourth-order valence-electron chi connectivity index (χ4n) is 3.52. The van der Waals surface area contributed by atoms with Crippen LogP contribution in [0.4, 0.5) is 32.0 Å². The third kappa shape index (κ3) is 6.22. The van der Waals surface area contributed by atoms with Gasteiger partial charge in [0.25, 0.3) is 5.91 Å². The van der Waals surface area contributed by atoms with Crippen molar-refractivity contribution in [3.63, 3.8) is 0 Å². The van der Waals surface area contributed by atoms with Crippen LogP contribution in [0, 0.1) is 0 Å².